The van der Waals surface area contributed by atoms with Gasteiger partial charge in [0.1, 0.15) is 6.04 Å². The third-order valence-electron chi connectivity index (χ3n) is 8.75. The van der Waals surface area contributed by atoms with Crippen LogP contribution in [0.4, 0.5) is 4.79 Å². The van der Waals surface area contributed by atoms with Crippen molar-refractivity contribution in [2.45, 2.75) is 118 Å². The molecule has 6 atom stereocenters. The van der Waals surface area contributed by atoms with Gasteiger partial charge in [-0.1, -0.05) is 53.9 Å². The van der Waals surface area contributed by atoms with Crippen molar-refractivity contribution in [3.8, 4) is 0 Å². The smallest absolute Gasteiger partial charge is 0.315 e. The van der Waals surface area contributed by atoms with Crippen LogP contribution >= 0.6 is 0 Å². The molecular formula is C28H49N5O4. The highest BCUT2D eigenvalue weighted by atomic mass is 16.2. The Hall–Kier alpha value is -2.16. The van der Waals surface area contributed by atoms with E-state index in [0.29, 0.717) is 24.8 Å². The second-order valence-electron chi connectivity index (χ2n) is 14.4. The predicted molar refractivity (Wildman–Crippen MR) is 143 cm³/mol. The number of likely N-dealkylation sites (tertiary alicyclic amines) is 1. The van der Waals surface area contributed by atoms with Crippen molar-refractivity contribution in [3.63, 3.8) is 0 Å². The Kier molecular flexibility index (Phi) is 8.10. The Labute approximate surface area is 222 Å². The van der Waals surface area contributed by atoms with E-state index in [1.807, 2.05) is 53.4 Å². The van der Waals surface area contributed by atoms with E-state index in [2.05, 4.69) is 29.8 Å². The number of fused-ring (bicyclic) bond motifs is 1. The molecule has 1 aliphatic heterocycles. The summed E-state index contributed by atoms with van der Waals surface area (Å²) in [4.78, 5) is 53.2. The van der Waals surface area contributed by atoms with Gasteiger partial charge in [0, 0.05) is 18.1 Å². The van der Waals surface area contributed by atoms with E-state index >= 15 is 0 Å². The van der Waals surface area contributed by atoms with Gasteiger partial charge in [-0.2, -0.15) is 0 Å². The molecule has 5 N–H and O–H groups in total. The number of piperidine rings is 1. The number of nitrogens with zero attached hydrogens (tertiary/aromatic N) is 1. The van der Waals surface area contributed by atoms with Gasteiger partial charge in [0.15, 0.2) is 0 Å². The Morgan fingerprint density at radius 2 is 1.65 bits per heavy atom. The molecule has 1 unspecified atom stereocenters. The van der Waals surface area contributed by atoms with E-state index in [1.165, 1.54) is 0 Å². The van der Waals surface area contributed by atoms with Crippen LogP contribution in [-0.4, -0.2) is 64.8 Å². The zero-order valence-electron chi connectivity index (χ0n) is 24.2. The van der Waals surface area contributed by atoms with Crippen LogP contribution in [0.5, 0.6) is 0 Å². The standard InChI is InChI=1S/C28H49N5O4/c1-15(30-18(21(34)23(29)35)13-16-11-10-12-16)20-19-17(28(19,8)9)14-33(20)24(36)22(26(2,3)4)31-25(37)32-27(5,6)7/h15-20,22,30H,10-14H2,1-9H3,(H2,29,35)(H2,31,32,37)/t15?,17-,18-,19-,20+,22+/m0/s1. The molecule has 9 nitrogen and oxygen atoms in total. The minimum absolute atomic E-state index is 0.0861. The molecule has 9 heteroatoms. The first-order chi connectivity index (χ1) is 16.8. The average molecular weight is 520 g/mol. The molecule has 0 radical (unpaired) electrons. The van der Waals surface area contributed by atoms with Crippen molar-refractivity contribution in [1.82, 2.24) is 20.9 Å². The van der Waals surface area contributed by atoms with Crippen molar-refractivity contribution in [3.05, 3.63) is 0 Å². The maximum Gasteiger partial charge on any atom is 0.315 e. The molecule has 3 fully saturated rings. The number of Topliss-reactive ketones (excluding diaryl/α,β-unsaturated/α-hetero) is 1. The Morgan fingerprint density at radius 1 is 1.05 bits per heavy atom. The van der Waals surface area contributed by atoms with Crippen molar-refractivity contribution < 1.29 is 19.2 Å². The lowest BCUT2D eigenvalue weighted by Crippen LogP contribution is -2.62. The first-order valence-corrected chi connectivity index (χ1v) is 13.8. The number of ketones is 1. The van der Waals surface area contributed by atoms with Crippen LogP contribution in [-0.2, 0) is 14.4 Å². The van der Waals surface area contributed by atoms with Gasteiger partial charge >= 0.3 is 6.03 Å². The van der Waals surface area contributed by atoms with Crippen molar-refractivity contribution in [1.29, 1.82) is 0 Å². The van der Waals surface area contributed by atoms with Crippen LogP contribution in [0.25, 0.3) is 0 Å². The van der Waals surface area contributed by atoms with Crippen LogP contribution < -0.4 is 21.7 Å². The van der Waals surface area contributed by atoms with Crippen LogP contribution in [0.3, 0.4) is 0 Å². The number of amides is 4. The van der Waals surface area contributed by atoms with Gasteiger partial charge in [-0.25, -0.2) is 4.79 Å². The normalized spacial score (nSPS) is 27.4. The summed E-state index contributed by atoms with van der Waals surface area (Å²) in [7, 11) is 0. The van der Waals surface area contributed by atoms with E-state index in [4.69, 9.17) is 5.73 Å². The molecule has 1 heterocycles. The minimum atomic E-state index is -0.921. The number of carbonyl (C=O) groups excluding carboxylic acids is 4. The molecule has 2 saturated carbocycles. The molecule has 3 rings (SSSR count). The molecule has 1 saturated heterocycles. The summed E-state index contributed by atoms with van der Waals surface area (Å²) in [6, 6.07) is -2.12. The number of hydrogen-bond donors (Lipinski definition) is 4. The maximum atomic E-state index is 14.1. The third kappa shape index (κ3) is 6.47. The number of nitrogens with one attached hydrogen (secondary N) is 3. The molecule has 3 aliphatic rings. The SMILES string of the molecule is CC(N[C@@H](CC1CCC1)C(=O)C(N)=O)[C@@H]1[C@@H]2[C@H](CN1C(=O)[C@@H](NC(=O)NC(C)(C)C)C(C)(C)C)C2(C)C. The summed E-state index contributed by atoms with van der Waals surface area (Å²) in [5.41, 5.74) is 4.54. The molecule has 0 aromatic heterocycles. The summed E-state index contributed by atoms with van der Waals surface area (Å²) in [6.45, 7) is 18.6. The number of urea groups is 1. The Balaban J connectivity index is 1.83. The van der Waals surface area contributed by atoms with Crippen LogP contribution in [0, 0.1) is 28.6 Å². The summed E-state index contributed by atoms with van der Waals surface area (Å²) >= 11 is 0. The summed E-state index contributed by atoms with van der Waals surface area (Å²) in [6.07, 6.45) is 3.84. The van der Waals surface area contributed by atoms with Gasteiger partial charge in [-0.05, 0) is 62.7 Å². The lowest BCUT2D eigenvalue weighted by Gasteiger charge is -2.41. The fraction of sp³-hybridized carbons (Fsp3) is 0.857. The first kappa shape index (κ1) is 29.4. The fourth-order valence-corrected chi connectivity index (χ4v) is 6.38. The number of hydrogen-bond acceptors (Lipinski definition) is 5. The second-order valence-corrected chi connectivity index (χ2v) is 14.4. The number of carbonyl (C=O) groups is 4. The van der Waals surface area contributed by atoms with Crippen molar-refractivity contribution in [2.24, 2.45) is 34.3 Å². The zero-order chi connectivity index (χ0) is 28.1. The van der Waals surface area contributed by atoms with Gasteiger partial charge in [0.25, 0.3) is 5.91 Å². The van der Waals surface area contributed by atoms with E-state index < -0.39 is 34.7 Å². The number of primary amides is 1. The highest BCUT2D eigenvalue weighted by Gasteiger charge is 2.68. The van der Waals surface area contributed by atoms with E-state index in [0.717, 1.165) is 19.3 Å². The fourth-order valence-electron chi connectivity index (χ4n) is 6.38. The van der Waals surface area contributed by atoms with Crippen LogP contribution in [0.1, 0.15) is 88.0 Å². The minimum Gasteiger partial charge on any atom is -0.363 e. The zero-order valence-corrected chi connectivity index (χ0v) is 24.2. The summed E-state index contributed by atoms with van der Waals surface area (Å²) in [5.74, 6) is -0.586. The number of rotatable bonds is 9. The average Bonchev–Trinajstić information content (AvgIpc) is 3.06. The molecule has 0 spiro atoms. The van der Waals surface area contributed by atoms with Gasteiger partial charge in [0.05, 0.1) is 12.1 Å². The van der Waals surface area contributed by atoms with E-state index in [1.54, 1.807) is 0 Å². The Bertz CT molecular complexity index is 915. The number of nitrogens with two attached hydrogens (primary N) is 1. The maximum absolute atomic E-state index is 14.1. The van der Waals surface area contributed by atoms with Gasteiger partial charge in [-0.15, -0.1) is 0 Å². The highest BCUT2D eigenvalue weighted by molar-refractivity contribution is 6.37. The lowest BCUT2D eigenvalue weighted by atomic mass is 9.79. The van der Waals surface area contributed by atoms with Crippen molar-refractivity contribution in [2.75, 3.05) is 6.54 Å². The molecule has 0 aromatic carbocycles. The Morgan fingerprint density at radius 3 is 2.11 bits per heavy atom. The molecule has 0 bridgehead atoms. The van der Waals surface area contributed by atoms with E-state index in [-0.39, 0.29) is 35.4 Å². The molecule has 4 amide bonds. The lowest BCUT2D eigenvalue weighted by molar-refractivity contribution is -0.139. The summed E-state index contributed by atoms with van der Waals surface area (Å²) in [5, 5.41) is 9.26. The molecule has 210 valence electrons. The largest absolute Gasteiger partial charge is 0.363 e. The molecule has 2 aliphatic carbocycles. The van der Waals surface area contributed by atoms with E-state index in [9.17, 15) is 19.2 Å². The van der Waals surface area contributed by atoms with Gasteiger partial charge < -0.3 is 26.6 Å². The van der Waals surface area contributed by atoms with Gasteiger partial charge in [0.2, 0.25) is 11.7 Å². The van der Waals surface area contributed by atoms with Crippen LogP contribution in [0.15, 0.2) is 0 Å². The molecule has 37 heavy (non-hydrogen) atoms. The highest BCUT2D eigenvalue weighted by Crippen LogP contribution is 2.65. The van der Waals surface area contributed by atoms with Crippen molar-refractivity contribution >= 4 is 23.6 Å². The molecular weight excluding hydrogens is 470 g/mol. The summed E-state index contributed by atoms with van der Waals surface area (Å²) < 4.78 is 0. The second kappa shape index (κ2) is 10.2. The monoisotopic (exact) mass is 519 g/mol. The third-order valence-corrected chi connectivity index (χ3v) is 8.75. The quantitative estimate of drug-likeness (QED) is 0.348. The van der Waals surface area contributed by atoms with Crippen LogP contribution in [0.2, 0.25) is 0 Å². The first-order valence-electron chi connectivity index (χ1n) is 13.8. The van der Waals surface area contributed by atoms with Gasteiger partial charge in [-0.3, -0.25) is 14.4 Å². The topological polar surface area (TPSA) is 134 Å². The predicted octanol–water partition coefficient (Wildman–Crippen LogP) is 2.57. The molecule has 0 aromatic rings.